The van der Waals surface area contributed by atoms with Crippen molar-refractivity contribution in [3.63, 3.8) is 0 Å². The molecule has 0 heterocycles. The molecular weight excluding hydrogens is 398 g/mol. The van der Waals surface area contributed by atoms with Gasteiger partial charge in [-0.3, -0.25) is 0 Å². The summed E-state index contributed by atoms with van der Waals surface area (Å²) in [5, 5.41) is 0. The van der Waals surface area contributed by atoms with Gasteiger partial charge in [-0.15, -0.1) is 0 Å². The molecule has 0 fully saturated rings. The maximum Gasteiger partial charge on any atom is 0.0150 e. The molecule has 1 rings (SSSR count). The summed E-state index contributed by atoms with van der Waals surface area (Å²) >= 11 is 5.05. The zero-order chi connectivity index (χ0) is 10.6. The van der Waals surface area contributed by atoms with E-state index >= 15 is 0 Å². The van der Waals surface area contributed by atoms with E-state index in [0.717, 1.165) is 3.92 Å². The van der Waals surface area contributed by atoms with Crippen molar-refractivity contribution in [2.45, 2.75) is 34.0 Å². The summed E-state index contributed by atoms with van der Waals surface area (Å²) in [7, 11) is 0. The third kappa shape index (κ3) is 4.04. The number of halogens is 2. The van der Waals surface area contributed by atoms with Gasteiger partial charge in [-0.05, 0) is 17.9 Å². The topological polar surface area (TPSA) is 0 Å². The summed E-state index contributed by atoms with van der Waals surface area (Å²) in [5.74, 6) is 0.698. The van der Waals surface area contributed by atoms with E-state index in [-0.39, 0.29) is 0 Å². The lowest BCUT2D eigenvalue weighted by atomic mass is 9.92. The number of hydrogen-bond acceptors (Lipinski definition) is 0. The zero-order valence-electron chi connectivity index (χ0n) is 8.58. The molecule has 78 valence electrons. The summed E-state index contributed by atoms with van der Waals surface area (Å²) in [6.07, 6.45) is 1.27. The predicted octanol–water partition coefficient (Wildman–Crippen LogP) is 4.81. The Morgan fingerprint density at radius 1 is 1.07 bits per heavy atom. The minimum absolute atomic E-state index is 0.698. The lowest BCUT2D eigenvalue weighted by Crippen LogP contribution is -2.12. The summed E-state index contributed by atoms with van der Waals surface area (Å²) in [6.45, 7) is 4.59. The van der Waals surface area contributed by atoms with Crippen molar-refractivity contribution >= 4 is 45.2 Å². The molecule has 0 radical (unpaired) electrons. The van der Waals surface area contributed by atoms with Gasteiger partial charge >= 0.3 is 0 Å². The SMILES string of the molecule is CC(I)CC(c1ccccc1)C(C)I. The fourth-order valence-electron chi connectivity index (χ4n) is 1.64. The molecule has 0 aliphatic carbocycles. The maximum absolute atomic E-state index is 2.54. The Bertz CT molecular complexity index is 254. The van der Waals surface area contributed by atoms with Gasteiger partial charge in [0.25, 0.3) is 0 Å². The van der Waals surface area contributed by atoms with Crippen LogP contribution >= 0.6 is 45.2 Å². The Labute approximate surface area is 114 Å². The molecule has 0 nitrogen and oxygen atoms in total. The first-order valence-corrected chi connectivity index (χ1v) is 7.43. The van der Waals surface area contributed by atoms with Gasteiger partial charge in [-0.2, -0.15) is 0 Å². The van der Waals surface area contributed by atoms with Crippen molar-refractivity contribution in [3.8, 4) is 0 Å². The van der Waals surface area contributed by atoms with Crippen LogP contribution in [-0.4, -0.2) is 7.85 Å². The average molecular weight is 414 g/mol. The van der Waals surface area contributed by atoms with Gasteiger partial charge in [0.2, 0.25) is 0 Å². The molecule has 1 aromatic carbocycles. The smallest absolute Gasteiger partial charge is 0.0150 e. The Hall–Kier alpha value is 0.680. The molecule has 0 saturated heterocycles. The molecule has 3 atom stereocenters. The Morgan fingerprint density at radius 2 is 1.64 bits per heavy atom. The van der Waals surface area contributed by atoms with E-state index < -0.39 is 0 Å². The van der Waals surface area contributed by atoms with Gasteiger partial charge in [0.1, 0.15) is 0 Å². The second-order valence-electron chi connectivity index (χ2n) is 3.71. The molecule has 3 unspecified atom stereocenters. The van der Waals surface area contributed by atoms with E-state index in [9.17, 15) is 0 Å². The van der Waals surface area contributed by atoms with E-state index in [2.05, 4.69) is 89.4 Å². The Balaban J connectivity index is 2.78. The standard InChI is InChI=1S/C12H16I2/c1-9(13)8-12(10(2)14)11-6-4-3-5-7-11/h3-7,9-10,12H,8H2,1-2H3. The highest BCUT2D eigenvalue weighted by Crippen LogP contribution is 2.31. The van der Waals surface area contributed by atoms with Gasteiger partial charge in [0.15, 0.2) is 0 Å². The first-order chi connectivity index (χ1) is 6.61. The first-order valence-electron chi connectivity index (χ1n) is 4.94. The largest absolute Gasteiger partial charge is 0.0829 e. The van der Waals surface area contributed by atoms with Crippen molar-refractivity contribution in [1.29, 1.82) is 0 Å². The van der Waals surface area contributed by atoms with Crippen LogP contribution < -0.4 is 0 Å². The van der Waals surface area contributed by atoms with Gasteiger partial charge in [-0.25, -0.2) is 0 Å². The van der Waals surface area contributed by atoms with Crippen molar-refractivity contribution in [3.05, 3.63) is 35.9 Å². The van der Waals surface area contributed by atoms with Crippen molar-refractivity contribution < 1.29 is 0 Å². The van der Waals surface area contributed by atoms with Crippen LogP contribution in [-0.2, 0) is 0 Å². The number of benzene rings is 1. The molecule has 1 aromatic rings. The summed E-state index contributed by atoms with van der Waals surface area (Å²) < 4.78 is 1.45. The van der Waals surface area contributed by atoms with Crippen LogP contribution in [0.4, 0.5) is 0 Å². The van der Waals surface area contributed by atoms with E-state index in [1.54, 1.807) is 0 Å². The Kier molecular flexibility index (Phi) is 5.74. The molecule has 0 spiro atoms. The van der Waals surface area contributed by atoms with E-state index in [4.69, 9.17) is 0 Å². The van der Waals surface area contributed by atoms with E-state index in [1.165, 1.54) is 12.0 Å². The summed E-state index contributed by atoms with van der Waals surface area (Å²) in [5.41, 5.74) is 1.48. The molecule has 0 saturated carbocycles. The molecule has 0 amide bonds. The molecule has 2 heteroatoms. The number of rotatable bonds is 4. The van der Waals surface area contributed by atoms with Crippen molar-refractivity contribution in [2.24, 2.45) is 0 Å². The van der Waals surface area contributed by atoms with Gasteiger partial charge in [-0.1, -0.05) is 89.4 Å². The zero-order valence-corrected chi connectivity index (χ0v) is 12.9. The molecule has 0 bridgehead atoms. The molecule has 0 aliphatic rings. The van der Waals surface area contributed by atoms with Crippen LogP contribution in [0.15, 0.2) is 30.3 Å². The quantitative estimate of drug-likeness (QED) is 0.491. The minimum atomic E-state index is 0.698. The number of alkyl halides is 2. The summed E-state index contributed by atoms with van der Waals surface area (Å²) in [4.78, 5) is 0. The maximum atomic E-state index is 2.54. The van der Waals surface area contributed by atoms with Crippen molar-refractivity contribution in [1.82, 2.24) is 0 Å². The van der Waals surface area contributed by atoms with E-state index in [1.807, 2.05) is 0 Å². The van der Waals surface area contributed by atoms with Gasteiger partial charge in [0.05, 0.1) is 0 Å². The van der Waals surface area contributed by atoms with Crippen LogP contribution in [0, 0.1) is 0 Å². The van der Waals surface area contributed by atoms with Crippen LogP contribution in [0.3, 0.4) is 0 Å². The molecule has 14 heavy (non-hydrogen) atoms. The third-order valence-corrected chi connectivity index (χ3v) is 3.74. The van der Waals surface area contributed by atoms with Crippen LogP contribution in [0.1, 0.15) is 31.7 Å². The lowest BCUT2D eigenvalue weighted by molar-refractivity contribution is 0.638. The highest BCUT2D eigenvalue weighted by Gasteiger charge is 2.18. The van der Waals surface area contributed by atoms with E-state index in [0.29, 0.717) is 9.84 Å². The minimum Gasteiger partial charge on any atom is -0.0829 e. The van der Waals surface area contributed by atoms with Crippen LogP contribution in [0.25, 0.3) is 0 Å². The van der Waals surface area contributed by atoms with Gasteiger partial charge in [0, 0.05) is 7.85 Å². The second kappa shape index (κ2) is 6.30. The second-order valence-corrected chi connectivity index (χ2v) is 7.80. The fraction of sp³-hybridized carbons (Fsp3) is 0.500. The van der Waals surface area contributed by atoms with Crippen LogP contribution in [0.2, 0.25) is 0 Å². The summed E-state index contributed by atoms with van der Waals surface area (Å²) in [6, 6.07) is 10.9. The van der Waals surface area contributed by atoms with Crippen molar-refractivity contribution in [2.75, 3.05) is 0 Å². The highest BCUT2D eigenvalue weighted by atomic mass is 127. The third-order valence-electron chi connectivity index (χ3n) is 2.36. The molecule has 0 N–H and O–H groups in total. The lowest BCUT2D eigenvalue weighted by Gasteiger charge is -2.21. The number of hydrogen-bond donors (Lipinski definition) is 0. The normalized spacial score (nSPS) is 17.4. The monoisotopic (exact) mass is 414 g/mol. The van der Waals surface area contributed by atoms with Gasteiger partial charge < -0.3 is 0 Å². The molecule has 0 aliphatic heterocycles. The fourth-order valence-corrected chi connectivity index (χ4v) is 2.90. The first kappa shape index (κ1) is 12.7. The highest BCUT2D eigenvalue weighted by molar-refractivity contribution is 14.1. The average Bonchev–Trinajstić information content (AvgIpc) is 2.15. The molecular formula is C12H16I2. The van der Waals surface area contributed by atoms with Crippen LogP contribution in [0.5, 0.6) is 0 Å². The Morgan fingerprint density at radius 3 is 2.07 bits per heavy atom. The predicted molar refractivity (Wildman–Crippen MR) is 80.8 cm³/mol. The molecule has 0 aromatic heterocycles.